The molecule has 1 N–H and O–H groups in total. The van der Waals surface area contributed by atoms with Gasteiger partial charge >= 0.3 is 0 Å². The van der Waals surface area contributed by atoms with Gasteiger partial charge in [0.15, 0.2) is 0 Å². The van der Waals surface area contributed by atoms with E-state index in [0.717, 1.165) is 19.3 Å². The molecule has 0 aromatic heterocycles. The first-order valence-electron chi connectivity index (χ1n) is 4.84. The quantitative estimate of drug-likeness (QED) is 0.691. The minimum absolute atomic E-state index is 0.107. The lowest BCUT2D eigenvalue weighted by Crippen LogP contribution is -2.35. The van der Waals surface area contributed by atoms with Crippen LogP contribution >= 0.6 is 0 Å². The van der Waals surface area contributed by atoms with E-state index in [1.807, 2.05) is 6.92 Å². The van der Waals surface area contributed by atoms with Gasteiger partial charge in [0.1, 0.15) is 0 Å². The van der Waals surface area contributed by atoms with Gasteiger partial charge in [-0.05, 0) is 26.7 Å². The fourth-order valence-corrected chi connectivity index (χ4v) is 1.82. The molecule has 0 unspecified atom stereocenters. The third-order valence-corrected chi connectivity index (χ3v) is 3.26. The molecule has 0 spiro atoms. The maximum Gasteiger partial charge on any atom is 0.0918 e. The molecular weight excluding hydrogens is 152 g/mol. The first kappa shape index (κ1) is 10.0. The molecule has 0 aromatic rings. The molecular formula is C10H20O2. The van der Waals surface area contributed by atoms with E-state index in [0.29, 0.717) is 0 Å². The number of aliphatic hydroxyl groups excluding tert-OH is 1. The number of rotatable bonds is 2. The van der Waals surface area contributed by atoms with Crippen LogP contribution in [-0.2, 0) is 4.74 Å². The largest absolute Gasteiger partial charge is 0.390 e. The summed E-state index contributed by atoms with van der Waals surface area (Å²) in [5, 5.41) is 9.79. The Bertz CT molecular complexity index is 169. The van der Waals surface area contributed by atoms with Gasteiger partial charge in [0.25, 0.3) is 0 Å². The highest BCUT2D eigenvalue weighted by Gasteiger charge is 2.48. The van der Waals surface area contributed by atoms with Gasteiger partial charge in [-0.3, -0.25) is 0 Å². The third-order valence-electron chi connectivity index (χ3n) is 3.26. The average molecular weight is 172 g/mol. The Morgan fingerprint density at radius 2 is 1.92 bits per heavy atom. The van der Waals surface area contributed by atoms with Crippen molar-refractivity contribution >= 4 is 0 Å². The van der Waals surface area contributed by atoms with Gasteiger partial charge in [-0.15, -0.1) is 0 Å². The zero-order chi connectivity index (χ0) is 9.41. The van der Waals surface area contributed by atoms with Crippen LogP contribution in [0.15, 0.2) is 0 Å². The van der Waals surface area contributed by atoms with E-state index in [9.17, 15) is 5.11 Å². The van der Waals surface area contributed by atoms with Crippen LogP contribution in [0.5, 0.6) is 0 Å². The molecule has 1 rings (SSSR count). The highest BCUT2D eigenvalue weighted by molar-refractivity contribution is 4.97. The second kappa shape index (κ2) is 3.00. The lowest BCUT2D eigenvalue weighted by Gasteiger charge is -2.29. The molecule has 2 nitrogen and oxygen atoms in total. The molecule has 0 aromatic carbocycles. The lowest BCUT2D eigenvalue weighted by atomic mass is 9.92. The Kier molecular flexibility index (Phi) is 2.50. The predicted molar refractivity (Wildman–Crippen MR) is 49.1 cm³/mol. The van der Waals surface area contributed by atoms with E-state index in [2.05, 4.69) is 20.8 Å². The molecule has 3 atom stereocenters. The van der Waals surface area contributed by atoms with Gasteiger partial charge in [0.2, 0.25) is 0 Å². The van der Waals surface area contributed by atoms with Crippen molar-refractivity contribution in [3.05, 3.63) is 0 Å². The Morgan fingerprint density at radius 1 is 1.33 bits per heavy atom. The normalized spacial score (nSPS) is 48.2. The number of hydrogen-bond acceptors (Lipinski definition) is 2. The first-order valence-corrected chi connectivity index (χ1v) is 4.84. The molecule has 1 aliphatic heterocycles. The zero-order valence-corrected chi connectivity index (χ0v) is 8.55. The molecule has 0 saturated carbocycles. The third kappa shape index (κ3) is 1.50. The van der Waals surface area contributed by atoms with Gasteiger partial charge in [0, 0.05) is 6.42 Å². The highest BCUT2D eigenvalue weighted by atomic mass is 16.5. The van der Waals surface area contributed by atoms with Crippen molar-refractivity contribution in [3.8, 4) is 0 Å². The van der Waals surface area contributed by atoms with Crippen molar-refractivity contribution in [1.82, 2.24) is 0 Å². The topological polar surface area (TPSA) is 29.5 Å². The average Bonchev–Trinajstić information content (AvgIpc) is 2.25. The van der Waals surface area contributed by atoms with E-state index >= 15 is 0 Å². The minimum atomic E-state index is -0.315. The fourth-order valence-electron chi connectivity index (χ4n) is 1.82. The maximum absolute atomic E-state index is 9.79. The van der Waals surface area contributed by atoms with Crippen LogP contribution in [0.3, 0.4) is 0 Å². The summed E-state index contributed by atoms with van der Waals surface area (Å²) >= 11 is 0. The number of hydrogen-bond donors (Lipinski definition) is 1. The zero-order valence-electron chi connectivity index (χ0n) is 8.55. The summed E-state index contributed by atoms with van der Waals surface area (Å²) in [6, 6.07) is 0. The van der Waals surface area contributed by atoms with Crippen molar-refractivity contribution in [2.24, 2.45) is 0 Å². The summed E-state index contributed by atoms with van der Waals surface area (Å²) in [5.41, 5.74) is -0.422. The molecule has 0 aliphatic carbocycles. The van der Waals surface area contributed by atoms with Gasteiger partial charge in [-0.2, -0.15) is 0 Å². The molecule has 12 heavy (non-hydrogen) atoms. The molecule has 0 amide bonds. The van der Waals surface area contributed by atoms with Crippen LogP contribution < -0.4 is 0 Å². The van der Waals surface area contributed by atoms with Crippen LogP contribution in [-0.4, -0.2) is 22.4 Å². The number of aliphatic hydroxyl groups is 1. The SMILES string of the molecule is CC[C@]1(C)C[C@@H](O)[C@@](C)(CC)O1. The second-order valence-electron chi connectivity index (χ2n) is 4.29. The molecule has 0 bridgehead atoms. The Balaban J connectivity index is 2.74. The summed E-state index contributed by atoms with van der Waals surface area (Å²) in [6.45, 7) is 8.24. The van der Waals surface area contributed by atoms with Crippen LogP contribution in [0.2, 0.25) is 0 Å². The maximum atomic E-state index is 9.79. The summed E-state index contributed by atoms with van der Waals surface area (Å²) in [5.74, 6) is 0. The Hall–Kier alpha value is -0.0800. The van der Waals surface area contributed by atoms with E-state index < -0.39 is 0 Å². The molecule has 1 aliphatic rings. The Morgan fingerprint density at radius 3 is 2.17 bits per heavy atom. The van der Waals surface area contributed by atoms with Crippen LogP contribution in [0.25, 0.3) is 0 Å². The van der Waals surface area contributed by atoms with Crippen molar-refractivity contribution in [3.63, 3.8) is 0 Å². The monoisotopic (exact) mass is 172 g/mol. The fraction of sp³-hybridized carbons (Fsp3) is 1.00. The molecule has 1 fully saturated rings. The van der Waals surface area contributed by atoms with Crippen molar-refractivity contribution in [1.29, 1.82) is 0 Å². The smallest absolute Gasteiger partial charge is 0.0918 e. The highest BCUT2D eigenvalue weighted by Crippen LogP contribution is 2.41. The molecule has 72 valence electrons. The van der Waals surface area contributed by atoms with E-state index in [-0.39, 0.29) is 17.3 Å². The van der Waals surface area contributed by atoms with Crippen molar-refractivity contribution in [2.45, 2.75) is 64.3 Å². The molecule has 1 heterocycles. The molecule has 1 saturated heterocycles. The van der Waals surface area contributed by atoms with Crippen LogP contribution in [0, 0.1) is 0 Å². The Labute approximate surface area is 74.9 Å². The van der Waals surface area contributed by atoms with Crippen molar-refractivity contribution in [2.75, 3.05) is 0 Å². The first-order chi connectivity index (χ1) is 5.46. The van der Waals surface area contributed by atoms with Gasteiger partial charge in [-0.25, -0.2) is 0 Å². The molecule has 2 heteroatoms. The van der Waals surface area contributed by atoms with Gasteiger partial charge in [-0.1, -0.05) is 13.8 Å². The summed E-state index contributed by atoms with van der Waals surface area (Å²) in [4.78, 5) is 0. The summed E-state index contributed by atoms with van der Waals surface area (Å²) in [7, 11) is 0. The predicted octanol–water partition coefficient (Wildman–Crippen LogP) is 2.10. The number of ether oxygens (including phenoxy) is 1. The van der Waals surface area contributed by atoms with E-state index in [1.54, 1.807) is 0 Å². The van der Waals surface area contributed by atoms with Crippen LogP contribution in [0.4, 0.5) is 0 Å². The summed E-state index contributed by atoms with van der Waals surface area (Å²) < 4.78 is 5.90. The second-order valence-corrected chi connectivity index (χ2v) is 4.29. The standard InChI is InChI=1S/C10H20O2/c1-5-9(3)7-8(11)10(4,6-2)12-9/h8,11H,5-7H2,1-4H3/t8-,9-,10-/m1/s1. The van der Waals surface area contributed by atoms with Gasteiger partial charge < -0.3 is 9.84 Å². The van der Waals surface area contributed by atoms with Crippen molar-refractivity contribution < 1.29 is 9.84 Å². The van der Waals surface area contributed by atoms with E-state index in [4.69, 9.17) is 4.74 Å². The van der Waals surface area contributed by atoms with Crippen LogP contribution in [0.1, 0.15) is 47.0 Å². The van der Waals surface area contributed by atoms with Gasteiger partial charge in [0.05, 0.1) is 17.3 Å². The van der Waals surface area contributed by atoms with E-state index in [1.165, 1.54) is 0 Å². The molecule has 0 radical (unpaired) electrons. The minimum Gasteiger partial charge on any atom is -0.390 e. The lowest BCUT2D eigenvalue weighted by molar-refractivity contribution is -0.110. The summed E-state index contributed by atoms with van der Waals surface area (Å²) in [6.07, 6.45) is 2.32.